The van der Waals surface area contributed by atoms with Crippen molar-refractivity contribution in [2.24, 2.45) is 0 Å². The Hall–Kier alpha value is -1.10. The molecule has 1 aliphatic rings. The first-order valence-electron chi connectivity index (χ1n) is 6.59. The van der Waals surface area contributed by atoms with Gasteiger partial charge >= 0.3 is 0 Å². The monoisotopic (exact) mass is 282 g/mol. The molecule has 1 aliphatic heterocycles. The topological polar surface area (TPSA) is 61.4 Å². The Bertz CT molecular complexity index is 422. The number of carbonyl (C=O) groups is 1. The highest BCUT2D eigenvalue weighted by Gasteiger charge is 2.27. The maximum absolute atomic E-state index is 11.7. The molecular weight excluding hydrogens is 264 g/mol. The van der Waals surface area contributed by atoms with Crippen molar-refractivity contribution in [2.75, 3.05) is 13.1 Å². The number of rotatable bonds is 5. The lowest BCUT2D eigenvalue weighted by atomic mass is 10.1. The van der Waals surface area contributed by atoms with E-state index in [9.17, 15) is 9.90 Å². The molecule has 2 atom stereocenters. The molecule has 0 radical (unpaired) electrons. The third-order valence-electron chi connectivity index (χ3n) is 3.28. The fraction of sp³-hybridized carbons (Fsp3) is 0.500. The summed E-state index contributed by atoms with van der Waals surface area (Å²) in [5, 5.41) is 16.0. The molecule has 1 fully saturated rings. The Balaban J connectivity index is 1.64. The third-order valence-corrected chi connectivity index (χ3v) is 3.53. The molecule has 0 spiro atoms. The van der Waals surface area contributed by atoms with Crippen LogP contribution in [-0.2, 0) is 11.2 Å². The predicted octanol–water partition coefficient (Wildman–Crippen LogP) is 1.11. The number of β-amino-alcohol motifs (C(OH)–C–C–N with tert-alkyl or cyclic N) is 1. The summed E-state index contributed by atoms with van der Waals surface area (Å²) in [6.45, 7) is 1.15. The van der Waals surface area contributed by atoms with E-state index >= 15 is 0 Å². The Kier molecular flexibility index (Phi) is 5.19. The van der Waals surface area contributed by atoms with Gasteiger partial charge < -0.3 is 15.7 Å². The average Bonchev–Trinajstić information content (AvgIpc) is 2.83. The van der Waals surface area contributed by atoms with E-state index in [2.05, 4.69) is 10.6 Å². The number of aliphatic hydroxyl groups is 1. The van der Waals surface area contributed by atoms with Crippen LogP contribution in [0.3, 0.4) is 0 Å². The summed E-state index contributed by atoms with van der Waals surface area (Å²) >= 11 is 5.81. The lowest BCUT2D eigenvalue weighted by molar-refractivity contribution is -0.122. The number of hydrogen-bond acceptors (Lipinski definition) is 3. The van der Waals surface area contributed by atoms with Gasteiger partial charge in [-0.15, -0.1) is 0 Å². The van der Waals surface area contributed by atoms with Crippen LogP contribution < -0.4 is 10.6 Å². The zero-order chi connectivity index (χ0) is 13.7. The van der Waals surface area contributed by atoms with Crippen LogP contribution in [0.25, 0.3) is 0 Å². The molecule has 0 aliphatic carbocycles. The first-order chi connectivity index (χ1) is 9.15. The molecule has 3 N–H and O–H groups in total. The van der Waals surface area contributed by atoms with Crippen molar-refractivity contribution in [3.05, 3.63) is 34.9 Å². The van der Waals surface area contributed by atoms with Gasteiger partial charge in [0.15, 0.2) is 0 Å². The summed E-state index contributed by atoms with van der Waals surface area (Å²) in [5.74, 6) is -0.0207. The van der Waals surface area contributed by atoms with Crippen LogP contribution in [0.2, 0.25) is 5.02 Å². The smallest absolute Gasteiger partial charge is 0.237 e. The number of carbonyl (C=O) groups excluding carboxylic acids is 1. The van der Waals surface area contributed by atoms with E-state index in [1.165, 1.54) is 5.56 Å². The highest BCUT2D eigenvalue weighted by molar-refractivity contribution is 6.30. The molecule has 1 aromatic rings. The lowest BCUT2D eigenvalue weighted by Crippen LogP contribution is -2.40. The van der Waals surface area contributed by atoms with Crippen LogP contribution in [-0.4, -0.2) is 36.2 Å². The van der Waals surface area contributed by atoms with Crippen LogP contribution in [0.5, 0.6) is 0 Å². The van der Waals surface area contributed by atoms with E-state index in [0.29, 0.717) is 19.5 Å². The second-order valence-electron chi connectivity index (χ2n) is 4.87. The van der Waals surface area contributed by atoms with Crippen LogP contribution >= 0.6 is 11.6 Å². The van der Waals surface area contributed by atoms with E-state index in [-0.39, 0.29) is 11.9 Å². The first kappa shape index (κ1) is 14.3. The van der Waals surface area contributed by atoms with Crippen molar-refractivity contribution >= 4 is 17.5 Å². The van der Waals surface area contributed by atoms with Gasteiger partial charge in [-0.1, -0.05) is 23.7 Å². The first-order valence-corrected chi connectivity index (χ1v) is 6.96. The van der Waals surface area contributed by atoms with Gasteiger partial charge in [-0.2, -0.15) is 0 Å². The molecule has 19 heavy (non-hydrogen) atoms. The normalized spacial score (nSPS) is 22.4. The molecule has 2 rings (SSSR count). The van der Waals surface area contributed by atoms with Gasteiger partial charge in [0.05, 0.1) is 12.1 Å². The van der Waals surface area contributed by atoms with Gasteiger partial charge in [-0.05, 0) is 37.0 Å². The van der Waals surface area contributed by atoms with Gasteiger partial charge in [0, 0.05) is 18.1 Å². The quantitative estimate of drug-likeness (QED) is 0.709. The summed E-state index contributed by atoms with van der Waals surface area (Å²) < 4.78 is 0. The molecule has 5 heteroatoms. The number of nitrogens with one attached hydrogen (secondary N) is 2. The maximum atomic E-state index is 11.7. The number of hydrogen-bond donors (Lipinski definition) is 3. The predicted molar refractivity (Wildman–Crippen MR) is 75.2 cm³/mol. The summed E-state index contributed by atoms with van der Waals surface area (Å²) in [4.78, 5) is 11.7. The number of halogens is 1. The number of amides is 1. The zero-order valence-corrected chi connectivity index (χ0v) is 11.5. The highest BCUT2D eigenvalue weighted by Crippen LogP contribution is 2.11. The van der Waals surface area contributed by atoms with Gasteiger partial charge in [0.1, 0.15) is 0 Å². The van der Waals surface area contributed by atoms with Crippen molar-refractivity contribution in [1.82, 2.24) is 10.6 Å². The van der Waals surface area contributed by atoms with E-state index in [0.717, 1.165) is 17.9 Å². The molecule has 1 aromatic carbocycles. The summed E-state index contributed by atoms with van der Waals surface area (Å²) in [5.41, 5.74) is 1.22. The van der Waals surface area contributed by atoms with Crippen LogP contribution in [0, 0.1) is 0 Å². The second kappa shape index (κ2) is 6.89. The van der Waals surface area contributed by atoms with Crippen molar-refractivity contribution in [3.8, 4) is 0 Å². The van der Waals surface area contributed by atoms with Crippen LogP contribution in [0.15, 0.2) is 24.3 Å². The van der Waals surface area contributed by atoms with E-state index in [1.54, 1.807) is 0 Å². The van der Waals surface area contributed by atoms with Gasteiger partial charge in [0.2, 0.25) is 5.91 Å². The molecule has 1 heterocycles. The SMILES string of the molecule is O=C(NCCCc1ccc(Cl)cc1)C1CC(O)CN1. The minimum absolute atomic E-state index is 0.0207. The Morgan fingerprint density at radius 2 is 2.16 bits per heavy atom. The highest BCUT2D eigenvalue weighted by atomic mass is 35.5. The minimum atomic E-state index is -0.398. The fourth-order valence-electron chi connectivity index (χ4n) is 2.20. The van der Waals surface area contributed by atoms with Crippen molar-refractivity contribution in [1.29, 1.82) is 0 Å². The summed E-state index contributed by atoms with van der Waals surface area (Å²) in [6, 6.07) is 7.50. The zero-order valence-electron chi connectivity index (χ0n) is 10.7. The Morgan fingerprint density at radius 1 is 1.42 bits per heavy atom. The number of aliphatic hydroxyl groups excluding tert-OH is 1. The molecule has 1 saturated heterocycles. The van der Waals surface area contributed by atoms with Crippen molar-refractivity contribution in [2.45, 2.75) is 31.4 Å². The van der Waals surface area contributed by atoms with Crippen LogP contribution in [0.1, 0.15) is 18.4 Å². The number of aryl methyl sites for hydroxylation is 1. The van der Waals surface area contributed by atoms with Gasteiger partial charge in [0.25, 0.3) is 0 Å². The van der Waals surface area contributed by atoms with E-state index in [1.807, 2.05) is 24.3 Å². The number of benzene rings is 1. The Morgan fingerprint density at radius 3 is 2.79 bits per heavy atom. The minimum Gasteiger partial charge on any atom is -0.392 e. The Labute approximate surface area is 118 Å². The second-order valence-corrected chi connectivity index (χ2v) is 5.31. The maximum Gasteiger partial charge on any atom is 0.237 e. The molecule has 0 bridgehead atoms. The average molecular weight is 283 g/mol. The lowest BCUT2D eigenvalue weighted by Gasteiger charge is -2.10. The molecule has 104 valence electrons. The molecule has 0 saturated carbocycles. The van der Waals surface area contributed by atoms with E-state index < -0.39 is 6.10 Å². The van der Waals surface area contributed by atoms with Crippen LogP contribution in [0.4, 0.5) is 0 Å². The fourth-order valence-corrected chi connectivity index (χ4v) is 2.32. The van der Waals surface area contributed by atoms with E-state index in [4.69, 9.17) is 11.6 Å². The molecule has 1 amide bonds. The largest absolute Gasteiger partial charge is 0.392 e. The molecule has 0 aromatic heterocycles. The standard InChI is InChI=1S/C14H19ClN2O2/c15-11-5-3-10(4-6-11)2-1-7-16-14(19)13-8-12(18)9-17-13/h3-6,12-13,17-18H,1-2,7-9H2,(H,16,19). The summed E-state index contributed by atoms with van der Waals surface area (Å²) in [7, 11) is 0. The third kappa shape index (κ3) is 4.49. The molecule has 2 unspecified atom stereocenters. The van der Waals surface area contributed by atoms with Gasteiger partial charge in [-0.25, -0.2) is 0 Å². The van der Waals surface area contributed by atoms with Crippen molar-refractivity contribution < 1.29 is 9.90 Å². The molecular formula is C14H19ClN2O2. The van der Waals surface area contributed by atoms with Crippen molar-refractivity contribution in [3.63, 3.8) is 0 Å². The van der Waals surface area contributed by atoms with Gasteiger partial charge in [-0.3, -0.25) is 4.79 Å². The molecule has 4 nitrogen and oxygen atoms in total. The summed E-state index contributed by atoms with van der Waals surface area (Å²) in [6.07, 6.45) is 1.91.